The molecule has 0 aliphatic carbocycles. The van der Waals surface area contributed by atoms with Gasteiger partial charge in [0, 0.05) is 21.9 Å². The van der Waals surface area contributed by atoms with E-state index < -0.39 is 5.63 Å². The van der Waals surface area contributed by atoms with E-state index in [1.165, 1.54) is 0 Å². The van der Waals surface area contributed by atoms with Crippen molar-refractivity contribution in [3.8, 4) is 0 Å². The Morgan fingerprint density at radius 2 is 2.17 bits per heavy atom. The molecular formula is C17H20BrClN2O3. The second-order valence-corrected chi connectivity index (χ2v) is 7.00. The minimum atomic E-state index is -0.586. The van der Waals surface area contributed by atoms with E-state index in [-0.39, 0.29) is 29.9 Å². The number of halogens is 2. The quantitative estimate of drug-likeness (QED) is 0.739. The number of hydrogen-bond acceptors (Lipinski definition) is 4. The minimum Gasteiger partial charge on any atom is -0.422 e. The number of hydrogen-bond donors (Lipinski definition) is 2. The summed E-state index contributed by atoms with van der Waals surface area (Å²) in [5.74, 6) is -0.350. The molecule has 1 aromatic carbocycles. The molecule has 2 heterocycles. The van der Waals surface area contributed by atoms with Gasteiger partial charge in [-0.15, -0.1) is 12.4 Å². The van der Waals surface area contributed by atoms with Crippen molar-refractivity contribution in [2.75, 3.05) is 6.54 Å². The van der Waals surface area contributed by atoms with E-state index in [1.807, 2.05) is 6.07 Å². The Morgan fingerprint density at radius 3 is 2.88 bits per heavy atom. The molecule has 2 N–H and O–H groups in total. The average Bonchev–Trinajstić information content (AvgIpc) is 2.48. The maximum absolute atomic E-state index is 12.6. The van der Waals surface area contributed by atoms with Gasteiger partial charge in [-0.1, -0.05) is 15.9 Å². The molecular weight excluding hydrogens is 396 g/mol. The summed E-state index contributed by atoms with van der Waals surface area (Å²) < 4.78 is 6.19. The Balaban J connectivity index is 0.00000208. The summed E-state index contributed by atoms with van der Waals surface area (Å²) in [6, 6.07) is 5.83. The number of rotatable bonds is 2. The molecule has 24 heavy (non-hydrogen) atoms. The summed E-state index contributed by atoms with van der Waals surface area (Å²) in [6.07, 6.45) is 1.72. The molecule has 0 bridgehead atoms. The van der Waals surface area contributed by atoms with Crippen LogP contribution in [0.15, 0.2) is 31.9 Å². The van der Waals surface area contributed by atoms with Crippen molar-refractivity contribution < 1.29 is 9.21 Å². The molecule has 0 spiro atoms. The standard InChI is InChI=1S/C17H19BrN2O3.ClH/c1-9-7-12(5-6-19-9)20-16(21)15-10(2)13-8-11(18)3-4-14(13)23-17(15)22;/h3-4,8-9,12,19H,5-7H2,1-2H3,(H,20,21);1H. The van der Waals surface area contributed by atoms with Crippen molar-refractivity contribution in [1.82, 2.24) is 10.6 Å². The Hall–Kier alpha value is -1.37. The molecule has 2 atom stereocenters. The highest BCUT2D eigenvalue weighted by Gasteiger charge is 2.24. The van der Waals surface area contributed by atoms with Crippen LogP contribution in [0.25, 0.3) is 11.0 Å². The number of piperidine rings is 1. The van der Waals surface area contributed by atoms with Gasteiger partial charge in [-0.25, -0.2) is 4.79 Å². The van der Waals surface area contributed by atoms with E-state index in [2.05, 4.69) is 33.5 Å². The van der Waals surface area contributed by atoms with Gasteiger partial charge in [0.1, 0.15) is 11.1 Å². The third-order valence-corrected chi connectivity index (χ3v) is 4.81. The van der Waals surface area contributed by atoms with E-state index in [0.717, 1.165) is 29.2 Å². The van der Waals surface area contributed by atoms with Crippen LogP contribution in [0.2, 0.25) is 0 Å². The van der Waals surface area contributed by atoms with E-state index in [9.17, 15) is 9.59 Å². The second-order valence-electron chi connectivity index (χ2n) is 6.08. The largest absolute Gasteiger partial charge is 0.422 e. The number of benzene rings is 1. The second kappa shape index (κ2) is 7.68. The molecule has 0 saturated carbocycles. The lowest BCUT2D eigenvalue weighted by Crippen LogP contribution is -2.47. The Morgan fingerprint density at radius 1 is 1.42 bits per heavy atom. The van der Waals surface area contributed by atoms with Crippen LogP contribution < -0.4 is 16.3 Å². The summed E-state index contributed by atoms with van der Waals surface area (Å²) in [6.45, 7) is 4.74. The van der Waals surface area contributed by atoms with Gasteiger partial charge in [-0.2, -0.15) is 0 Å². The van der Waals surface area contributed by atoms with Gasteiger partial charge in [0.25, 0.3) is 5.91 Å². The van der Waals surface area contributed by atoms with Gasteiger partial charge in [-0.05, 0) is 57.0 Å². The number of carbonyl (C=O) groups excluding carboxylic acids is 1. The monoisotopic (exact) mass is 414 g/mol. The first-order valence-corrected chi connectivity index (χ1v) is 8.52. The summed E-state index contributed by atoms with van der Waals surface area (Å²) in [7, 11) is 0. The normalized spacial score (nSPS) is 20.5. The molecule has 1 aromatic heterocycles. The number of nitrogens with one attached hydrogen (secondary N) is 2. The van der Waals surface area contributed by atoms with Crippen molar-refractivity contribution in [2.45, 2.75) is 38.8 Å². The van der Waals surface area contributed by atoms with Gasteiger partial charge in [0.05, 0.1) is 0 Å². The highest BCUT2D eigenvalue weighted by atomic mass is 79.9. The fourth-order valence-electron chi connectivity index (χ4n) is 3.11. The molecule has 130 valence electrons. The van der Waals surface area contributed by atoms with Crippen LogP contribution in [-0.2, 0) is 0 Å². The predicted octanol–water partition coefficient (Wildman–Crippen LogP) is 3.16. The van der Waals surface area contributed by atoms with Crippen LogP contribution in [0.3, 0.4) is 0 Å². The molecule has 2 aromatic rings. The highest BCUT2D eigenvalue weighted by molar-refractivity contribution is 9.10. The first-order chi connectivity index (χ1) is 11.0. The molecule has 5 nitrogen and oxygen atoms in total. The summed E-state index contributed by atoms with van der Waals surface area (Å²) >= 11 is 3.41. The highest BCUT2D eigenvalue weighted by Crippen LogP contribution is 2.23. The lowest BCUT2D eigenvalue weighted by Gasteiger charge is -2.28. The first-order valence-electron chi connectivity index (χ1n) is 7.73. The molecule has 1 aliphatic heterocycles. The van der Waals surface area contributed by atoms with Gasteiger partial charge < -0.3 is 15.1 Å². The molecule has 1 saturated heterocycles. The number of fused-ring (bicyclic) bond motifs is 1. The summed E-state index contributed by atoms with van der Waals surface area (Å²) in [5.41, 5.74) is 0.651. The van der Waals surface area contributed by atoms with Gasteiger partial charge >= 0.3 is 5.63 Å². The molecule has 2 unspecified atom stereocenters. The molecule has 0 radical (unpaired) electrons. The summed E-state index contributed by atoms with van der Waals surface area (Å²) in [4.78, 5) is 24.8. The molecule has 1 fully saturated rings. The third kappa shape index (κ3) is 3.82. The minimum absolute atomic E-state index is 0. The maximum atomic E-state index is 12.6. The van der Waals surface area contributed by atoms with Crippen molar-refractivity contribution in [2.24, 2.45) is 0 Å². The van der Waals surface area contributed by atoms with Crippen molar-refractivity contribution in [1.29, 1.82) is 0 Å². The van der Waals surface area contributed by atoms with Crippen molar-refractivity contribution >= 4 is 45.2 Å². The number of carbonyl (C=O) groups is 1. The predicted molar refractivity (Wildman–Crippen MR) is 100 cm³/mol. The van der Waals surface area contributed by atoms with Crippen molar-refractivity contribution in [3.05, 3.63) is 44.2 Å². The van der Waals surface area contributed by atoms with Crippen LogP contribution >= 0.6 is 28.3 Å². The Kier molecular flexibility index (Phi) is 6.06. The SMILES string of the molecule is Cc1c(C(=O)NC2CCNC(C)C2)c(=O)oc2ccc(Br)cc12.Cl. The van der Waals surface area contributed by atoms with Crippen LogP contribution in [0.4, 0.5) is 0 Å². The van der Waals surface area contributed by atoms with Crippen LogP contribution in [0, 0.1) is 6.92 Å². The average molecular weight is 416 g/mol. The number of aryl methyl sites for hydroxylation is 1. The number of amides is 1. The zero-order chi connectivity index (χ0) is 16.6. The zero-order valence-electron chi connectivity index (χ0n) is 13.5. The topological polar surface area (TPSA) is 71.3 Å². The molecule has 7 heteroatoms. The fourth-order valence-corrected chi connectivity index (χ4v) is 3.47. The third-order valence-electron chi connectivity index (χ3n) is 4.31. The lowest BCUT2D eigenvalue weighted by molar-refractivity contribution is 0.0921. The Labute approximate surface area is 154 Å². The van der Waals surface area contributed by atoms with E-state index in [4.69, 9.17) is 4.42 Å². The smallest absolute Gasteiger partial charge is 0.349 e. The zero-order valence-corrected chi connectivity index (χ0v) is 15.9. The summed E-state index contributed by atoms with van der Waals surface area (Å²) in [5, 5.41) is 7.08. The van der Waals surface area contributed by atoms with Gasteiger partial charge in [0.15, 0.2) is 0 Å². The molecule has 1 amide bonds. The van der Waals surface area contributed by atoms with Crippen LogP contribution in [-0.4, -0.2) is 24.5 Å². The molecule has 1 aliphatic rings. The molecule has 3 rings (SSSR count). The fraction of sp³-hybridized carbons (Fsp3) is 0.412. The maximum Gasteiger partial charge on any atom is 0.349 e. The first kappa shape index (κ1) is 19.0. The lowest BCUT2D eigenvalue weighted by atomic mass is 9.99. The van der Waals surface area contributed by atoms with E-state index in [0.29, 0.717) is 17.2 Å². The van der Waals surface area contributed by atoms with Gasteiger partial charge in [0.2, 0.25) is 0 Å². The van der Waals surface area contributed by atoms with E-state index >= 15 is 0 Å². The van der Waals surface area contributed by atoms with Crippen LogP contribution in [0.5, 0.6) is 0 Å². The van der Waals surface area contributed by atoms with Crippen molar-refractivity contribution in [3.63, 3.8) is 0 Å². The van der Waals surface area contributed by atoms with Gasteiger partial charge in [-0.3, -0.25) is 4.79 Å². The van der Waals surface area contributed by atoms with E-state index in [1.54, 1.807) is 19.1 Å². The Bertz CT molecular complexity index is 821. The van der Waals surface area contributed by atoms with Crippen LogP contribution in [0.1, 0.15) is 35.7 Å².